The fourth-order valence-corrected chi connectivity index (χ4v) is 3.26. The number of alkyl halides is 3. The van der Waals surface area contributed by atoms with Crippen LogP contribution >= 0.6 is 11.6 Å². The van der Waals surface area contributed by atoms with Gasteiger partial charge in [-0.1, -0.05) is 47.5 Å². The summed E-state index contributed by atoms with van der Waals surface area (Å²) in [4.78, 5) is 17.0. The minimum atomic E-state index is -4.69. The van der Waals surface area contributed by atoms with Crippen LogP contribution in [0.15, 0.2) is 54.6 Å². The molecule has 2 heterocycles. The van der Waals surface area contributed by atoms with E-state index in [1.807, 2.05) is 6.92 Å². The molecule has 4 aromatic rings. The van der Waals surface area contributed by atoms with Gasteiger partial charge in [0.1, 0.15) is 0 Å². The Morgan fingerprint density at radius 1 is 1.06 bits per heavy atom. The van der Waals surface area contributed by atoms with Crippen LogP contribution in [0.5, 0.6) is 0 Å². The van der Waals surface area contributed by atoms with Crippen molar-refractivity contribution < 1.29 is 18.0 Å². The Bertz CT molecular complexity index is 1300. The number of nitrogens with zero attached hydrogens (tertiary/aromatic N) is 3. The number of rotatable bonds is 3. The number of halogens is 4. The Balaban J connectivity index is 1.79. The highest BCUT2D eigenvalue weighted by Crippen LogP contribution is 2.32. The molecule has 2 aromatic carbocycles. The minimum Gasteiger partial charge on any atom is -0.320 e. The van der Waals surface area contributed by atoms with Gasteiger partial charge in [0, 0.05) is 22.3 Å². The average Bonchev–Trinajstić information content (AvgIpc) is 3.14. The molecule has 0 spiro atoms. The van der Waals surface area contributed by atoms with Gasteiger partial charge in [-0.15, -0.1) is 0 Å². The van der Waals surface area contributed by atoms with Crippen molar-refractivity contribution in [3.8, 4) is 11.3 Å². The van der Waals surface area contributed by atoms with Gasteiger partial charge in [0.2, 0.25) is 0 Å². The van der Waals surface area contributed by atoms with Crippen LogP contribution in [0.25, 0.3) is 16.9 Å². The fraction of sp³-hybridized carbons (Fsp3) is 0.136. The molecule has 1 amide bonds. The predicted octanol–water partition coefficient (Wildman–Crippen LogP) is 5.94. The summed E-state index contributed by atoms with van der Waals surface area (Å²) in [5, 5.41) is 6.95. The summed E-state index contributed by atoms with van der Waals surface area (Å²) in [7, 11) is 0. The van der Waals surface area contributed by atoms with Gasteiger partial charge < -0.3 is 5.32 Å². The molecule has 158 valence electrons. The van der Waals surface area contributed by atoms with Crippen LogP contribution in [-0.2, 0) is 6.18 Å². The van der Waals surface area contributed by atoms with E-state index in [4.69, 9.17) is 11.6 Å². The van der Waals surface area contributed by atoms with Crippen LogP contribution in [0.1, 0.15) is 27.3 Å². The van der Waals surface area contributed by atoms with Crippen molar-refractivity contribution in [1.82, 2.24) is 14.6 Å². The molecule has 0 atom stereocenters. The Morgan fingerprint density at radius 3 is 2.45 bits per heavy atom. The van der Waals surface area contributed by atoms with Crippen molar-refractivity contribution in [2.75, 3.05) is 5.32 Å². The lowest BCUT2D eigenvalue weighted by Crippen LogP contribution is -2.16. The second kappa shape index (κ2) is 7.70. The maximum Gasteiger partial charge on any atom is 0.433 e. The van der Waals surface area contributed by atoms with Gasteiger partial charge in [-0.25, -0.2) is 9.50 Å². The number of aryl methyl sites for hydroxylation is 1. The lowest BCUT2D eigenvalue weighted by atomic mass is 10.1. The summed E-state index contributed by atoms with van der Waals surface area (Å²) in [6, 6.07) is 14.1. The Kier molecular flexibility index (Phi) is 5.18. The Morgan fingerprint density at radius 2 is 1.77 bits per heavy atom. The van der Waals surface area contributed by atoms with Crippen molar-refractivity contribution in [2.45, 2.75) is 20.0 Å². The number of hydrogen-bond acceptors (Lipinski definition) is 3. The maximum atomic E-state index is 13.7. The lowest BCUT2D eigenvalue weighted by molar-refractivity contribution is -0.142. The third-order valence-electron chi connectivity index (χ3n) is 4.81. The van der Waals surface area contributed by atoms with Crippen molar-refractivity contribution in [2.24, 2.45) is 0 Å². The molecule has 0 aliphatic rings. The van der Waals surface area contributed by atoms with Gasteiger partial charge in [0.25, 0.3) is 5.91 Å². The quantitative estimate of drug-likeness (QED) is 0.425. The number of aromatic nitrogens is 3. The highest BCUT2D eigenvalue weighted by molar-refractivity contribution is 6.31. The zero-order valence-electron chi connectivity index (χ0n) is 16.5. The summed E-state index contributed by atoms with van der Waals surface area (Å²) in [6.07, 6.45) is -4.69. The molecule has 0 saturated carbocycles. The van der Waals surface area contributed by atoms with E-state index in [-0.39, 0.29) is 17.0 Å². The van der Waals surface area contributed by atoms with Gasteiger partial charge in [-0.2, -0.15) is 18.3 Å². The second-order valence-corrected chi connectivity index (χ2v) is 7.46. The summed E-state index contributed by atoms with van der Waals surface area (Å²) in [5.74, 6) is -0.666. The first-order valence-corrected chi connectivity index (χ1v) is 9.63. The van der Waals surface area contributed by atoms with Crippen LogP contribution in [0, 0.1) is 13.8 Å². The molecule has 5 nitrogen and oxygen atoms in total. The monoisotopic (exact) mass is 444 g/mol. The normalized spacial score (nSPS) is 11.7. The molecular formula is C22H16ClF3N4O. The smallest absolute Gasteiger partial charge is 0.320 e. The van der Waals surface area contributed by atoms with E-state index < -0.39 is 17.8 Å². The van der Waals surface area contributed by atoms with Crippen LogP contribution < -0.4 is 5.32 Å². The molecule has 0 aliphatic carbocycles. The van der Waals surface area contributed by atoms with E-state index >= 15 is 0 Å². The van der Waals surface area contributed by atoms with Crippen LogP contribution in [0.2, 0.25) is 5.02 Å². The first-order chi connectivity index (χ1) is 14.6. The summed E-state index contributed by atoms with van der Waals surface area (Å²) < 4.78 is 41.8. The zero-order chi connectivity index (χ0) is 22.3. The number of benzene rings is 2. The molecule has 0 radical (unpaired) electrons. The molecule has 31 heavy (non-hydrogen) atoms. The van der Waals surface area contributed by atoms with Crippen LogP contribution in [-0.4, -0.2) is 20.5 Å². The molecule has 0 bridgehead atoms. The first-order valence-electron chi connectivity index (χ1n) is 9.25. The summed E-state index contributed by atoms with van der Waals surface area (Å²) in [5.41, 5.74) is 1.41. The second-order valence-electron chi connectivity index (χ2n) is 7.06. The first kappa shape index (κ1) is 20.9. The standard InChI is InChI=1S/C22H16ClF3N4O/c1-12-6-8-14(9-7-12)17-10-19(22(24,25)26)30-20(27-17)11-18(29-30)21(31)28-16-5-3-4-15(23)13(16)2/h3-11H,1-2H3,(H,28,31). The number of carbonyl (C=O) groups excluding carboxylic acids is 1. The molecule has 9 heteroatoms. The van der Waals surface area contributed by atoms with E-state index in [2.05, 4.69) is 15.4 Å². The third kappa shape index (κ3) is 4.11. The van der Waals surface area contributed by atoms with E-state index in [1.54, 1.807) is 49.4 Å². The van der Waals surface area contributed by atoms with Gasteiger partial charge >= 0.3 is 6.18 Å². The SMILES string of the molecule is Cc1ccc(-c2cc(C(F)(F)F)n3nc(C(=O)Nc4cccc(Cl)c4C)cc3n2)cc1. The molecule has 1 N–H and O–H groups in total. The van der Waals surface area contributed by atoms with E-state index in [1.165, 1.54) is 6.07 Å². The fourth-order valence-electron chi connectivity index (χ4n) is 3.09. The zero-order valence-corrected chi connectivity index (χ0v) is 17.2. The maximum absolute atomic E-state index is 13.7. The molecule has 4 rings (SSSR count). The van der Waals surface area contributed by atoms with Crippen molar-refractivity contribution in [1.29, 1.82) is 0 Å². The molecule has 0 aliphatic heterocycles. The van der Waals surface area contributed by atoms with E-state index in [9.17, 15) is 18.0 Å². The highest BCUT2D eigenvalue weighted by atomic mass is 35.5. The molecule has 2 aromatic heterocycles. The summed E-state index contributed by atoms with van der Waals surface area (Å²) in [6.45, 7) is 3.60. The third-order valence-corrected chi connectivity index (χ3v) is 5.22. The number of fused-ring (bicyclic) bond motifs is 1. The lowest BCUT2D eigenvalue weighted by Gasteiger charge is -2.11. The summed E-state index contributed by atoms with van der Waals surface area (Å²) >= 11 is 6.06. The van der Waals surface area contributed by atoms with Gasteiger partial charge in [-0.05, 0) is 37.6 Å². The van der Waals surface area contributed by atoms with Crippen LogP contribution in [0.3, 0.4) is 0 Å². The van der Waals surface area contributed by atoms with E-state index in [0.717, 1.165) is 11.6 Å². The number of nitrogens with one attached hydrogen (secondary N) is 1. The van der Waals surface area contributed by atoms with Gasteiger partial charge in [0.15, 0.2) is 17.0 Å². The molecule has 0 saturated heterocycles. The Labute approximate surface area is 180 Å². The molecule has 0 unspecified atom stereocenters. The van der Waals surface area contributed by atoms with Crippen molar-refractivity contribution in [3.05, 3.63) is 82.1 Å². The molecule has 0 fully saturated rings. The topological polar surface area (TPSA) is 59.3 Å². The van der Waals surface area contributed by atoms with Crippen molar-refractivity contribution in [3.63, 3.8) is 0 Å². The average molecular weight is 445 g/mol. The van der Waals surface area contributed by atoms with Crippen molar-refractivity contribution >= 4 is 28.8 Å². The highest BCUT2D eigenvalue weighted by Gasteiger charge is 2.35. The predicted molar refractivity (Wildman–Crippen MR) is 112 cm³/mol. The molecular weight excluding hydrogens is 429 g/mol. The minimum absolute atomic E-state index is 0.0848. The number of carbonyl (C=O) groups is 1. The number of anilines is 1. The Hall–Kier alpha value is -3.39. The van der Waals surface area contributed by atoms with Crippen LogP contribution in [0.4, 0.5) is 18.9 Å². The van der Waals surface area contributed by atoms with Gasteiger partial charge in [-0.3, -0.25) is 4.79 Å². The number of amides is 1. The largest absolute Gasteiger partial charge is 0.433 e. The van der Waals surface area contributed by atoms with E-state index in [0.29, 0.717) is 26.4 Å². The number of hydrogen-bond donors (Lipinski definition) is 1. The van der Waals surface area contributed by atoms with Gasteiger partial charge in [0.05, 0.1) is 5.69 Å².